The van der Waals surface area contributed by atoms with E-state index in [1.165, 1.54) is 0 Å². The zero-order valence-electron chi connectivity index (χ0n) is 11.5. The fourth-order valence-electron chi connectivity index (χ4n) is 1.42. The average molecular weight is 257 g/mol. The molecular weight excluding hydrogens is 233 g/mol. The van der Waals surface area contributed by atoms with Crippen LogP contribution in [0, 0.1) is 0 Å². The highest BCUT2D eigenvalue weighted by atomic mass is 31.2. The minimum absolute atomic E-state index is 0.0593. The lowest BCUT2D eigenvalue weighted by molar-refractivity contribution is 0.0951. The molecule has 1 atom stereocenters. The molecule has 0 aromatic heterocycles. The molecule has 0 N–H and O–H groups in total. The van der Waals surface area contributed by atoms with Gasteiger partial charge in [-0.1, -0.05) is 38.2 Å². The second kappa shape index (κ2) is 6.65. The van der Waals surface area contributed by atoms with Crippen molar-refractivity contribution in [3.05, 3.63) is 24.3 Å². The van der Waals surface area contributed by atoms with Gasteiger partial charge in [0.2, 0.25) is 0 Å². The smallest absolute Gasteiger partial charge is 0.260 e. The Bertz CT molecular complexity index is 268. The molecule has 0 aliphatic heterocycles. The lowest BCUT2D eigenvalue weighted by Crippen LogP contribution is -2.27. The second-order valence-corrected chi connectivity index (χ2v) is 6.35. The van der Waals surface area contributed by atoms with E-state index in [4.69, 9.17) is 9.05 Å². The zero-order valence-corrected chi connectivity index (χ0v) is 12.4. The topological polar surface area (TPSA) is 21.7 Å². The first kappa shape index (κ1) is 14.8. The summed E-state index contributed by atoms with van der Waals surface area (Å²) in [4.78, 5) is 0. The van der Waals surface area contributed by atoms with Gasteiger partial charge >= 0.3 is 0 Å². The molecule has 1 rings (SSSR count). The highest BCUT2D eigenvalue weighted by molar-refractivity contribution is 7.44. The Morgan fingerprint density at radius 3 is 2.06 bits per heavy atom. The number of allylic oxidation sites excluding steroid dienone is 2. The highest BCUT2D eigenvalue weighted by Crippen LogP contribution is 2.47. The Balaban J connectivity index is 2.63. The van der Waals surface area contributed by atoms with Crippen molar-refractivity contribution in [3.63, 3.8) is 0 Å². The molecule has 0 radical (unpaired) electrons. The van der Waals surface area contributed by atoms with E-state index in [1.807, 2.05) is 24.3 Å². The van der Waals surface area contributed by atoms with Gasteiger partial charge in [-0.3, -0.25) is 0 Å². The molecule has 0 aromatic rings. The maximum absolute atomic E-state index is 6.04. The summed E-state index contributed by atoms with van der Waals surface area (Å²) in [6, 6.07) is 0. The van der Waals surface area contributed by atoms with Crippen LogP contribution in [0.5, 0.6) is 0 Å². The molecule has 0 saturated carbocycles. The molecule has 0 spiro atoms. The van der Waals surface area contributed by atoms with E-state index >= 15 is 0 Å². The van der Waals surface area contributed by atoms with E-state index in [0.29, 0.717) is 0 Å². The van der Waals surface area contributed by atoms with Crippen LogP contribution >= 0.6 is 8.53 Å². The molecule has 0 amide bonds. The molecule has 0 fully saturated rings. The zero-order chi connectivity index (χ0) is 12.9. The van der Waals surface area contributed by atoms with Gasteiger partial charge in [-0.25, -0.2) is 4.67 Å². The van der Waals surface area contributed by atoms with E-state index < -0.39 is 8.53 Å². The van der Waals surface area contributed by atoms with Gasteiger partial charge in [-0.05, 0) is 20.8 Å². The summed E-state index contributed by atoms with van der Waals surface area (Å²) >= 11 is 0. The van der Waals surface area contributed by atoms with E-state index in [2.05, 4.69) is 39.3 Å². The van der Waals surface area contributed by atoms with E-state index in [1.54, 1.807) is 0 Å². The van der Waals surface area contributed by atoms with Crippen LogP contribution in [0.3, 0.4) is 0 Å². The van der Waals surface area contributed by atoms with Gasteiger partial charge < -0.3 is 9.05 Å². The van der Waals surface area contributed by atoms with Crippen molar-refractivity contribution < 1.29 is 9.05 Å². The third-order valence-electron chi connectivity index (χ3n) is 2.24. The first-order valence-corrected chi connectivity index (χ1v) is 7.35. The predicted octanol–water partition coefficient (Wildman–Crippen LogP) is 3.88. The molecule has 0 bridgehead atoms. The van der Waals surface area contributed by atoms with Crippen LogP contribution in [0.25, 0.3) is 0 Å². The van der Waals surface area contributed by atoms with Crippen molar-refractivity contribution in [2.45, 2.75) is 46.3 Å². The molecule has 4 heteroatoms. The van der Waals surface area contributed by atoms with Gasteiger partial charge in [0.15, 0.2) is 0 Å². The third kappa shape index (κ3) is 5.31. The van der Waals surface area contributed by atoms with Crippen LogP contribution in [0.1, 0.15) is 34.6 Å². The lowest BCUT2D eigenvalue weighted by Gasteiger charge is -2.33. The number of hydrogen-bond acceptors (Lipinski definition) is 3. The molecule has 0 aromatic carbocycles. The van der Waals surface area contributed by atoms with Gasteiger partial charge in [0, 0.05) is 13.1 Å². The summed E-state index contributed by atoms with van der Waals surface area (Å²) in [5, 5.41) is 0. The number of hydrogen-bond donors (Lipinski definition) is 0. The van der Waals surface area contributed by atoms with Crippen molar-refractivity contribution in [1.82, 2.24) is 4.67 Å². The molecule has 98 valence electrons. The molecule has 3 nitrogen and oxygen atoms in total. The molecular formula is C13H24NO2P. The van der Waals surface area contributed by atoms with E-state index in [0.717, 1.165) is 13.1 Å². The molecule has 0 saturated heterocycles. The molecule has 1 unspecified atom stereocenters. The Hall–Kier alpha value is -0.210. The van der Waals surface area contributed by atoms with E-state index in [9.17, 15) is 0 Å². The van der Waals surface area contributed by atoms with Gasteiger partial charge in [-0.15, -0.1) is 0 Å². The fraction of sp³-hybridized carbons (Fsp3) is 0.692. The predicted molar refractivity (Wildman–Crippen MR) is 73.8 cm³/mol. The average Bonchev–Trinajstić information content (AvgIpc) is 2.69. The van der Waals surface area contributed by atoms with Crippen molar-refractivity contribution in [1.29, 1.82) is 0 Å². The maximum Gasteiger partial charge on any atom is 0.260 e. The van der Waals surface area contributed by atoms with Crippen LogP contribution in [-0.4, -0.2) is 29.5 Å². The normalized spacial score (nSPS) is 18.2. The highest BCUT2D eigenvalue weighted by Gasteiger charge is 2.27. The van der Waals surface area contributed by atoms with Crippen LogP contribution in [0.2, 0.25) is 0 Å². The van der Waals surface area contributed by atoms with Gasteiger partial charge in [0.1, 0.15) is 6.10 Å². The van der Waals surface area contributed by atoms with Crippen molar-refractivity contribution >= 4 is 8.53 Å². The van der Waals surface area contributed by atoms with Gasteiger partial charge in [0.05, 0.1) is 5.60 Å². The van der Waals surface area contributed by atoms with Crippen molar-refractivity contribution in [2.75, 3.05) is 13.1 Å². The largest absolute Gasteiger partial charge is 0.316 e. The minimum Gasteiger partial charge on any atom is -0.316 e. The lowest BCUT2D eigenvalue weighted by atomic mass is 10.2. The SMILES string of the molecule is CCN(CC)P(OC1C=CC=C1)OC(C)(C)C. The van der Waals surface area contributed by atoms with Gasteiger partial charge in [-0.2, -0.15) is 0 Å². The Morgan fingerprint density at radius 1 is 1.12 bits per heavy atom. The standard InChI is InChI=1S/C13H24NO2P/c1-6-14(7-2)17(16-13(3,4)5)15-12-10-8-9-11-12/h8-12H,6-7H2,1-5H3. The van der Waals surface area contributed by atoms with Crippen LogP contribution in [0.4, 0.5) is 0 Å². The number of nitrogens with zero attached hydrogens (tertiary/aromatic N) is 1. The van der Waals surface area contributed by atoms with Crippen LogP contribution in [-0.2, 0) is 9.05 Å². The molecule has 1 aliphatic rings. The first-order chi connectivity index (χ1) is 7.96. The molecule has 0 heterocycles. The summed E-state index contributed by atoms with van der Waals surface area (Å²) in [5.41, 5.74) is -0.180. The summed E-state index contributed by atoms with van der Waals surface area (Å²) < 4.78 is 14.3. The van der Waals surface area contributed by atoms with Crippen molar-refractivity contribution in [2.24, 2.45) is 0 Å². The van der Waals surface area contributed by atoms with Crippen LogP contribution < -0.4 is 0 Å². The first-order valence-electron chi connectivity index (χ1n) is 6.22. The fourth-order valence-corrected chi connectivity index (χ4v) is 2.99. The summed E-state index contributed by atoms with van der Waals surface area (Å²) in [6.45, 7) is 12.3. The Morgan fingerprint density at radius 2 is 1.65 bits per heavy atom. The summed E-state index contributed by atoms with van der Waals surface area (Å²) in [7, 11) is -0.993. The Labute approximate surface area is 106 Å². The van der Waals surface area contributed by atoms with E-state index in [-0.39, 0.29) is 11.7 Å². The quantitative estimate of drug-likeness (QED) is 0.674. The second-order valence-electron chi connectivity index (χ2n) is 4.92. The molecule has 17 heavy (non-hydrogen) atoms. The van der Waals surface area contributed by atoms with Crippen molar-refractivity contribution in [3.8, 4) is 0 Å². The van der Waals surface area contributed by atoms with Crippen LogP contribution in [0.15, 0.2) is 24.3 Å². The Kier molecular flexibility index (Phi) is 5.81. The minimum atomic E-state index is -0.993. The monoisotopic (exact) mass is 257 g/mol. The summed E-state index contributed by atoms with van der Waals surface area (Å²) in [6.07, 6.45) is 8.18. The third-order valence-corrected chi connectivity index (χ3v) is 4.39. The summed E-state index contributed by atoms with van der Waals surface area (Å²) in [5.74, 6) is 0. The van der Waals surface area contributed by atoms with Gasteiger partial charge in [0.25, 0.3) is 8.53 Å². The number of rotatable bonds is 6. The maximum atomic E-state index is 6.04. The molecule has 1 aliphatic carbocycles.